The van der Waals surface area contributed by atoms with Gasteiger partial charge in [0, 0.05) is 12.1 Å². The summed E-state index contributed by atoms with van der Waals surface area (Å²) in [6.07, 6.45) is 1.23. The molecule has 0 bridgehead atoms. The second-order valence-electron chi connectivity index (χ2n) is 5.75. The van der Waals surface area contributed by atoms with Gasteiger partial charge in [-0.3, -0.25) is 9.78 Å². The predicted octanol–water partition coefficient (Wildman–Crippen LogP) is 3.43. The van der Waals surface area contributed by atoms with Gasteiger partial charge >= 0.3 is 0 Å². The lowest BCUT2D eigenvalue weighted by Crippen LogP contribution is -2.18. The first-order valence-electron chi connectivity index (χ1n) is 8.34. The van der Waals surface area contributed by atoms with Crippen molar-refractivity contribution in [2.45, 2.75) is 19.8 Å². The normalized spacial score (nSPS) is 10.5. The van der Waals surface area contributed by atoms with Crippen LogP contribution in [0.25, 0.3) is 0 Å². The lowest BCUT2D eigenvalue weighted by atomic mass is 10.1. The fourth-order valence-corrected chi connectivity index (χ4v) is 2.32. The van der Waals surface area contributed by atoms with Crippen LogP contribution in [0.5, 0.6) is 5.75 Å². The largest absolute Gasteiger partial charge is 0.494 e. The van der Waals surface area contributed by atoms with Crippen molar-refractivity contribution in [1.82, 2.24) is 15.2 Å². The molecule has 0 saturated carbocycles. The number of rotatable bonds is 7. The smallest absolute Gasteiger partial charge is 0.274 e. The first kappa shape index (κ1) is 17.6. The monoisotopic (exact) mass is 354 g/mol. The first-order chi connectivity index (χ1) is 12.6. The number of halogens is 1. The molecule has 6 nitrogen and oxygen atoms in total. The number of hydrogen-bond donors (Lipinski definition) is 2. The van der Waals surface area contributed by atoms with Gasteiger partial charge in [0.1, 0.15) is 17.3 Å². The van der Waals surface area contributed by atoms with Crippen molar-refractivity contribution in [3.63, 3.8) is 0 Å². The average molecular weight is 354 g/mol. The van der Waals surface area contributed by atoms with Gasteiger partial charge in [0.25, 0.3) is 5.56 Å². The van der Waals surface area contributed by atoms with Crippen LogP contribution in [0.4, 0.5) is 16.0 Å². The highest BCUT2D eigenvalue weighted by Crippen LogP contribution is 2.17. The molecule has 0 aliphatic carbocycles. The maximum absolute atomic E-state index is 12.9. The number of benzene rings is 2. The number of hydrogen-bond acceptors (Lipinski definition) is 5. The summed E-state index contributed by atoms with van der Waals surface area (Å²) >= 11 is 0. The standard InChI is InChI=1S/C19H19FN4O2/c1-2-11-26-16-9-7-15(8-10-16)21-19-22-18(25)17(23-24-19)12-13-3-5-14(20)6-4-13/h3-10H,2,11-12H2,1H3,(H2,21,22,24,25). The van der Waals surface area contributed by atoms with Crippen LogP contribution in [0.15, 0.2) is 53.3 Å². The summed E-state index contributed by atoms with van der Waals surface area (Å²) in [5.41, 5.74) is 1.47. The highest BCUT2D eigenvalue weighted by atomic mass is 19.1. The molecule has 2 N–H and O–H groups in total. The molecule has 0 radical (unpaired) electrons. The minimum absolute atomic E-state index is 0.250. The Morgan fingerprint density at radius 2 is 1.81 bits per heavy atom. The maximum atomic E-state index is 12.9. The zero-order valence-electron chi connectivity index (χ0n) is 14.3. The molecule has 2 aromatic carbocycles. The zero-order valence-corrected chi connectivity index (χ0v) is 14.3. The van der Waals surface area contributed by atoms with Gasteiger partial charge in [0.15, 0.2) is 0 Å². The number of ether oxygens (including phenoxy) is 1. The molecule has 3 rings (SSSR count). The van der Waals surface area contributed by atoms with Crippen molar-refractivity contribution in [3.8, 4) is 5.75 Å². The Hall–Kier alpha value is -3.22. The van der Waals surface area contributed by atoms with Gasteiger partial charge in [-0.25, -0.2) is 4.39 Å². The number of nitrogens with one attached hydrogen (secondary N) is 2. The van der Waals surface area contributed by atoms with Gasteiger partial charge in [-0.1, -0.05) is 19.1 Å². The van der Waals surface area contributed by atoms with Crippen molar-refractivity contribution in [3.05, 3.63) is 76.0 Å². The summed E-state index contributed by atoms with van der Waals surface area (Å²) in [7, 11) is 0. The number of aromatic nitrogens is 3. The Morgan fingerprint density at radius 3 is 2.46 bits per heavy atom. The number of H-pyrrole nitrogens is 1. The van der Waals surface area contributed by atoms with E-state index in [1.807, 2.05) is 31.2 Å². The van der Waals surface area contributed by atoms with Gasteiger partial charge < -0.3 is 10.1 Å². The fourth-order valence-electron chi connectivity index (χ4n) is 2.32. The second-order valence-corrected chi connectivity index (χ2v) is 5.75. The molecule has 1 aromatic heterocycles. The minimum atomic E-state index is -0.338. The van der Waals surface area contributed by atoms with E-state index in [0.29, 0.717) is 6.61 Å². The molecule has 26 heavy (non-hydrogen) atoms. The molecule has 0 fully saturated rings. The lowest BCUT2D eigenvalue weighted by molar-refractivity contribution is 0.317. The van der Waals surface area contributed by atoms with Crippen LogP contribution in [0.1, 0.15) is 24.6 Å². The topological polar surface area (TPSA) is 79.9 Å². The molecule has 0 unspecified atom stereocenters. The third-order valence-electron chi connectivity index (χ3n) is 3.64. The Labute approximate surface area is 150 Å². The predicted molar refractivity (Wildman–Crippen MR) is 97.4 cm³/mol. The van der Waals surface area contributed by atoms with E-state index in [0.717, 1.165) is 23.4 Å². The SMILES string of the molecule is CCCOc1ccc(Nc2nnc(Cc3ccc(F)cc3)c(=O)[nH]2)cc1. The molecular formula is C19H19FN4O2. The van der Waals surface area contributed by atoms with Crippen LogP contribution in [-0.2, 0) is 6.42 Å². The first-order valence-corrected chi connectivity index (χ1v) is 8.34. The molecule has 0 spiro atoms. The Morgan fingerprint density at radius 1 is 1.08 bits per heavy atom. The van der Waals surface area contributed by atoms with Crippen LogP contribution in [-0.4, -0.2) is 21.8 Å². The molecule has 1 heterocycles. The summed E-state index contributed by atoms with van der Waals surface area (Å²) in [4.78, 5) is 14.8. The van der Waals surface area contributed by atoms with Crippen LogP contribution >= 0.6 is 0 Å². The summed E-state index contributed by atoms with van der Waals surface area (Å²) < 4.78 is 18.5. The molecule has 0 aliphatic heterocycles. The summed E-state index contributed by atoms with van der Waals surface area (Å²) in [5.74, 6) is 0.714. The van der Waals surface area contributed by atoms with Crippen LogP contribution < -0.4 is 15.6 Å². The number of nitrogens with zero attached hydrogens (tertiary/aromatic N) is 2. The van der Waals surface area contributed by atoms with Crippen molar-refractivity contribution in [2.24, 2.45) is 0 Å². The average Bonchev–Trinajstić information content (AvgIpc) is 2.65. The van der Waals surface area contributed by atoms with E-state index in [4.69, 9.17) is 4.74 Å². The summed E-state index contributed by atoms with van der Waals surface area (Å²) in [6, 6.07) is 13.3. The van der Waals surface area contributed by atoms with Gasteiger partial charge in [0.05, 0.1) is 6.61 Å². The lowest BCUT2D eigenvalue weighted by Gasteiger charge is -2.08. The van der Waals surface area contributed by atoms with E-state index in [-0.39, 0.29) is 29.4 Å². The van der Waals surface area contributed by atoms with Gasteiger partial charge in [0.2, 0.25) is 5.95 Å². The Bertz CT molecular complexity index is 908. The Balaban J connectivity index is 1.67. The van der Waals surface area contributed by atoms with Crippen molar-refractivity contribution >= 4 is 11.6 Å². The summed E-state index contributed by atoms with van der Waals surface area (Å²) in [6.45, 7) is 2.71. The Kier molecular flexibility index (Phi) is 5.58. The maximum Gasteiger partial charge on any atom is 0.274 e. The highest BCUT2D eigenvalue weighted by Gasteiger charge is 2.07. The van der Waals surface area contributed by atoms with Gasteiger partial charge in [-0.05, 0) is 48.4 Å². The van der Waals surface area contributed by atoms with E-state index in [9.17, 15) is 9.18 Å². The quantitative estimate of drug-likeness (QED) is 0.679. The third kappa shape index (κ3) is 4.66. The van der Waals surface area contributed by atoms with Crippen LogP contribution in [0.2, 0.25) is 0 Å². The van der Waals surface area contributed by atoms with Crippen molar-refractivity contribution < 1.29 is 9.13 Å². The molecule has 3 aromatic rings. The van der Waals surface area contributed by atoms with E-state index in [1.165, 1.54) is 12.1 Å². The van der Waals surface area contributed by atoms with Crippen molar-refractivity contribution in [2.75, 3.05) is 11.9 Å². The molecule has 0 atom stereocenters. The molecule has 134 valence electrons. The van der Waals surface area contributed by atoms with E-state index >= 15 is 0 Å². The molecular weight excluding hydrogens is 335 g/mol. The zero-order chi connectivity index (χ0) is 18.4. The van der Waals surface area contributed by atoms with Gasteiger partial charge in [-0.2, -0.15) is 0 Å². The van der Waals surface area contributed by atoms with E-state index < -0.39 is 0 Å². The minimum Gasteiger partial charge on any atom is -0.494 e. The van der Waals surface area contributed by atoms with Crippen LogP contribution in [0, 0.1) is 5.82 Å². The third-order valence-corrected chi connectivity index (χ3v) is 3.64. The molecule has 0 aliphatic rings. The van der Waals surface area contributed by atoms with Crippen LogP contribution in [0.3, 0.4) is 0 Å². The molecule has 0 amide bonds. The second kappa shape index (κ2) is 8.24. The van der Waals surface area contributed by atoms with Crippen molar-refractivity contribution in [1.29, 1.82) is 0 Å². The van der Waals surface area contributed by atoms with E-state index in [1.54, 1.807) is 12.1 Å². The highest BCUT2D eigenvalue weighted by molar-refractivity contribution is 5.54. The van der Waals surface area contributed by atoms with E-state index in [2.05, 4.69) is 20.5 Å². The molecule has 0 saturated heterocycles. The summed E-state index contributed by atoms with van der Waals surface area (Å²) in [5, 5.41) is 11.0. The fraction of sp³-hybridized carbons (Fsp3) is 0.211. The van der Waals surface area contributed by atoms with Gasteiger partial charge in [-0.15, -0.1) is 10.2 Å². The number of aromatic amines is 1. The molecule has 7 heteroatoms. The number of anilines is 2.